The van der Waals surface area contributed by atoms with Gasteiger partial charge in [-0.3, -0.25) is 9.79 Å². The molecule has 0 saturated carbocycles. The molecular formula is C19H22ClF7N4OS. The Labute approximate surface area is 195 Å². The van der Waals surface area contributed by atoms with Crippen molar-refractivity contribution < 1.29 is 35.5 Å². The van der Waals surface area contributed by atoms with Crippen LogP contribution < -0.4 is 4.90 Å². The van der Waals surface area contributed by atoms with Crippen LogP contribution in [0.25, 0.3) is 5.70 Å². The molecule has 1 amide bonds. The molecule has 14 heteroatoms. The summed E-state index contributed by atoms with van der Waals surface area (Å²) in [5, 5.41) is 4.14. The van der Waals surface area contributed by atoms with Crippen molar-refractivity contribution in [3.05, 3.63) is 29.7 Å². The van der Waals surface area contributed by atoms with Gasteiger partial charge in [0.1, 0.15) is 5.69 Å². The van der Waals surface area contributed by atoms with E-state index in [2.05, 4.69) is 16.8 Å². The van der Waals surface area contributed by atoms with E-state index in [0.29, 0.717) is 23.1 Å². The number of carbonyl (C=O) groups excluding carboxylic acids is 1. The first kappa shape index (κ1) is 29.0. The minimum atomic E-state index is -6.35. The van der Waals surface area contributed by atoms with E-state index in [4.69, 9.17) is 11.6 Å². The Kier molecular flexibility index (Phi) is 10.5. The molecule has 1 aromatic heterocycles. The van der Waals surface area contributed by atoms with Crippen molar-refractivity contribution in [1.82, 2.24) is 9.78 Å². The van der Waals surface area contributed by atoms with Crippen LogP contribution in [0.15, 0.2) is 29.5 Å². The van der Waals surface area contributed by atoms with Crippen molar-refractivity contribution in [2.24, 2.45) is 4.99 Å². The lowest BCUT2D eigenvalue weighted by Crippen LogP contribution is -2.52. The van der Waals surface area contributed by atoms with E-state index in [-0.39, 0.29) is 23.9 Å². The van der Waals surface area contributed by atoms with Gasteiger partial charge >= 0.3 is 18.0 Å². The number of hydrogen-bond donors (Lipinski definition) is 0. The molecule has 0 bridgehead atoms. The maximum atomic E-state index is 13.3. The van der Waals surface area contributed by atoms with Crippen molar-refractivity contribution >= 4 is 47.4 Å². The fourth-order valence-electron chi connectivity index (χ4n) is 2.47. The van der Waals surface area contributed by atoms with Crippen LogP contribution in [0.2, 0.25) is 5.15 Å². The molecule has 0 spiro atoms. The van der Waals surface area contributed by atoms with E-state index in [1.165, 1.54) is 22.0 Å². The van der Waals surface area contributed by atoms with Crippen molar-refractivity contribution in [1.29, 1.82) is 0 Å². The lowest BCUT2D eigenvalue weighted by atomic mass is 10.1. The van der Waals surface area contributed by atoms with Crippen LogP contribution in [0.1, 0.15) is 26.7 Å². The van der Waals surface area contributed by atoms with E-state index in [1.54, 1.807) is 26.0 Å². The minimum absolute atomic E-state index is 0.0328. The van der Waals surface area contributed by atoms with Gasteiger partial charge in [-0.1, -0.05) is 11.6 Å². The number of thioether (sulfide) groups is 1. The van der Waals surface area contributed by atoms with Gasteiger partial charge < -0.3 is 4.90 Å². The standard InChI is InChI=1S/C19H22ClF7N4OS/c1-4-30(14-12-31(29-16(14)20)13(2)6-5-9-28-3)15(32)7-10-33-11-8-17(21,22)18(23,24)19(25,26)27/h5-6,9,12H,3-4,7-8,10-11H2,1-2H3/b9-5-,13-6+. The zero-order chi connectivity index (χ0) is 25.4. The Morgan fingerprint density at radius 3 is 2.45 bits per heavy atom. The van der Waals surface area contributed by atoms with Crippen LogP contribution in [0.3, 0.4) is 0 Å². The highest BCUT2D eigenvalue weighted by Crippen LogP contribution is 2.48. The molecular weight excluding hydrogens is 501 g/mol. The van der Waals surface area contributed by atoms with Crippen LogP contribution in [0.4, 0.5) is 36.4 Å². The summed E-state index contributed by atoms with van der Waals surface area (Å²) in [4.78, 5) is 17.4. The molecule has 0 atom stereocenters. The Morgan fingerprint density at radius 1 is 1.27 bits per heavy atom. The van der Waals surface area contributed by atoms with Crippen LogP contribution in [-0.4, -0.2) is 58.5 Å². The van der Waals surface area contributed by atoms with Crippen LogP contribution >= 0.6 is 23.4 Å². The first-order valence-corrected chi connectivity index (χ1v) is 11.0. The van der Waals surface area contributed by atoms with Gasteiger partial charge in [-0.15, -0.1) is 0 Å². The van der Waals surface area contributed by atoms with E-state index < -0.39 is 36.1 Å². The Morgan fingerprint density at radius 2 is 1.91 bits per heavy atom. The van der Waals surface area contributed by atoms with Gasteiger partial charge in [-0.25, -0.2) is 4.68 Å². The summed E-state index contributed by atoms with van der Waals surface area (Å²) in [6, 6.07) is 0. The molecule has 0 saturated heterocycles. The summed E-state index contributed by atoms with van der Waals surface area (Å²) < 4.78 is 90.2. The average Bonchev–Trinajstić information content (AvgIpc) is 3.09. The highest BCUT2D eigenvalue weighted by Gasteiger charge is 2.72. The maximum absolute atomic E-state index is 13.3. The van der Waals surface area contributed by atoms with Gasteiger partial charge in [0, 0.05) is 37.0 Å². The zero-order valence-electron chi connectivity index (χ0n) is 17.7. The summed E-state index contributed by atoms with van der Waals surface area (Å²) in [6.45, 7) is 6.90. The second kappa shape index (κ2) is 11.9. The van der Waals surface area contributed by atoms with Gasteiger partial charge in [-0.2, -0.15) is 47.6 Å². The molecule has 0 N–H and O–H groups in total. The number of hydrogen-bond acceptors (Lipinski definition) is 4. The molecule has 0 radical (unpaired) electrons. The smallest absolute Gasteiger partial charge is 0.308 e. The monoisotopic (exact) mass is 522 g/mol. The number of rotatable bonds is 12. The Bertz CT molecular complexity index is 884. The second-order valence-electron chi connectivity index (χ2n) is 6.61. The lowest BCUT2D eigenvalue weighted by Gasteiger charge is -2.28. The SMILES string of the molecule is C=N/C=C\C=C(/C)n1cc(N(CC)C(=O)CCSCCC(F)(F)C(F)(F)C(F)(F)F)c(Cl)n1. The number of allylic oxidation sites excluding steroid dienone is 3. The van der Waals surface area contributed by atoms with Crippen molar-refractivity contribution in [2.45, 2.75) is 44.7 Å². The third-order valence-corrected chi connectivity index (χ3v) is 5.54. The first-order valence-electron chi connectivity index (χ1n) is 9.44. The predicted octanol–water partition coefficient (Wildman–Crippen LogP) is 6.31. The summed E-state index contributed by atoms with van der Waals surface area (Å²) in [6.07, 6.45) is -1.96. The number of anilines is 1. The van der Waals surface area contributed by atoms with E-state index in [9.17, 15) is 35.5 Å². The van der Waals surface area contributed by atoms with Gasteiger partial charge in [-0.05, 0) is 38.5 Å². The van der Waals surface area contributed by atoms with Crippen LogP contribution in [0, 0.1) is 0 Å². The fourth-order valence-corrected chi connectivity index (χ4v) is 3.62. The van der Waals surface area contributed by atoms with Gasteiger partial charge in [0.2, 0.25) is 5.91 Å². The lowest BCUT2D eigenvalue weighted by molar-refractivity contribution is -0.354. The quantitative estimate of drug-likeness (QED) is 0.140. The zero-order valence-corrected chi connectivity index (χ0v) is 19.3. The second-order valence-corrected chi connectivity index (χ2v) is 8.19. The fraction of sp³-hybridized carbons (Fsp3) is 0.526. The average molecular weight is 523 g/mol. The summed E-state index contributed by atoms with van der Waals surface area (Å²) in [5.41, 5.74) is 0.947. The molecule has 0 unspecified atom stereocenters. The van der Waals surface area contributed by atoms with Gasteiger partial charge in [0.25, 0.3) is 0 Å². The molecule has 186 valence electrons. The number of aromatic nitrogens is 2. The molecule has 0 aliphatic heterocycles. The molecule has 0 aliphatic carbocycles. The highest BCUT2D eigenvalue weighted by atomic mass is 35.5. The molecule has 1 aromatic rings. The number of halogens is 8. The molecule has 5 nitrogen and oxygen atoms in total. The summed E-state index contributed by atoms with van der Waals surface area (Å²) in [5.74, 6) is -12.6. The largest absolute Gasteiger partial charge is 0.459 e. The van der Waals surface area contributed by atoms with Crippen molar-refractivity contribution in [3.8, 4) is 0 Å². The molecule has 0 aromatic carbocycles. The van der Waals surface area contributed by atoms with Crippen molar-refractivity contribution in [3.63, 3.8) is 0 Å². The number of alkyl halides is 7. The molecule has 0 fully saturated rings. The third-order valence-electron chi connectivity index (χ3n) is 4.29. The predicted molar refractivity (Wildman–Crippen MR) is 116 cm³/mol. The van der Waals surface area contributed by atoms with Gasteiger partial charge in [0.05, 0.1) is 6.20 Å². The third kappa shape index (κ3) is 7.49. The number of aliphatic imine (C=N–C) groups is 1. The van der Waals surface area contributed by atoms with E-state index in [1.807, 2.05) is 0 Å². The van der Waals surface area contributed by atoms with E-state index >= 15 is 0 Å². The number of amides is 1. The molecule has 0 aliphatic rings. The van der Waals surface area contributed by atoms with Crippen LogP contribution in [-0.2, 0) is 4.79 Å². The number of carbonyl (C=O) groups is 1. The normalized spacial score (nSPS) is 13.6. The molecule has 1 heterocycles. The topological polar surface area (TPSA) is 50.5 Å². The van der Waals surface area contributed by atoms with Gasteiger partial charge in [0.15, 0.2) is 5.15 Å². The van der Waals surface area contributed by atoms with E-state index in [0.717, 1.165) is 0 Å². The Balaban J connectivity index is 2.70. The number of nitrogens with zero attached hydrogens (tertiary/aromatic N) is 4. The maximum Gasteiger partial charge on any atom is 0.459 e. The highest BCUT2D eigenvalue weighted by molar-refractivity contribution is 7.99. The van der Waals surface area contributed by atoms with Crippen molar-refractivity contribution in [2.75, 3.05) is 23.0 Å². The molecule has 33 heavy (non-hydrogen) atoms. The minimum Gasteiger partial charge on any atom is -0.308 e. The molecule has 1 rings (SSSR count). The summed E-state index contributed by atoms with van der Waals surface area (Å²) >= 11 is 6.80. The Hall–Kier alpha value is -2.02. The first-order chi connectivity index (χ1) is 15.2. The summed E-state index contributed by atoms with van der Waals surface area (Å²) in [7, 11) is 0. The van der Waals surface area contributed by atoms with Crippen LogP contribution in [0.5, 0.6) is 0 Å².